The van der Waals surface area contributed by atoms with Crippen LogP contribution in [0.4, 0.5) is 0 Å². The molecule has 0 fully saturated rings. The number of hydrogen-bond acceptors (Lipinski definition) is 2. The maximum absolute atomic E-state index is 9.89. The van der Waals surface area contributed by atoms with E-state index in [1.165, 1.54) is 0 Å². The summed E-state index contributed by atoms with van der Waals surface area (Å²) in [5.74, 6) is 0. The quantitative estimate of drug-likeness (QED) is 0.428. The predicted molar refractivity (Wildman–Crippen MR) is 31.0 cm³/mol. The molecule has 0 rings (SSSR count). The molecule has 0 spiro atoms. The second kappa shape index (κ2) is 4.81. The molecule has 0 unspecified atom stereocenters. The fraction of sp³-hybridized carbons (Fsp3) is 0.500. The van der Waals surface area contributed by atoms with Gasteiger partial charge in [-0.05, 0) is 0 Å². The van der Waals surface area contributed by atoms with Gasteiger partial charge in [0.05, 0.1) is 0 Å². The Balaban J connectivity index is 3.35. The Morgan fingerprint density at radius 2 is 2.25 bits per heavy atom. The molecule has 0 radical (unpaired) electrons. The van der Waals surface area contributed by atoms with Gasteiger partial charge in [0, 0.05) is 0 Å². The number of hydrogen-bond donors (Lipinski definition) is 1. The number of rotatable bonds is 4. The van der Waals surface area contributed by atoms with Gasteiger partial charge < -0.3 is 0 Å². The molecular formula is C4H7NO2Se. The van der Waals surface area contributed by atoms with Crippen LogP contribution in [0.2, 0.25) is 5.32 Å². The molecule has 8 heavy (non-hydrogen) atoms. The minimum absolute atomic E-state index is 0.326. The van der Waals surface area contributed by atoms with Gasteiger partial charge in [-0.15, -0.1) is 0 Å². The standard InChI is InChI=1S/C4H7NO2Se/c6-1-4(2-8)5-3-7/h1,3-4,8H,2H2,(H,5,7)/t4-/m1/s1. The van der Waals surface area contributed by atoms with E-state index in [4.69, 9.17) is 0 Å². The van der Waals surface area contributed by atoms with Crippen molar-refractivity contribution < 1.29 is 9.59 Å². The minimum atomic E-state index is -0.326. The topological polar surface area (TPSA) is 46.2 Å². The average Bonchev–Trinajstić information content (AvgIpc) is 1.83. The van der Waals surface area contributed by atoms with Crippen molar-refractivity contribution in [3.8, 4) is 0 Å². The molecule has 0 aliphatic carbocycles. The Labute approximate surface area is 55.6 Å². The van der Waals surface area contributed by atoms with E-state index >= 15 is 0 Å². The molecule has 0 aromatic carbocycles. The van der Waals surface area contributed by atoms with Crippen LogP contribution < -0.4 is 5.32 Å². The second-order valence-corrected chi connectivity index (χ2v) is 1.98. The molecule has 1 N–H and O–H groups in total. The van der Waals surface area contributed by atoms with Gasteiger partial charge in [0.25, 0.3) is 0 Å². The van der Waals surface area contributed by atoms with Crippen molar-refractivity contribution in [1.82, 2.24) is 5.32 Å². The zero-order chi connectivity index (χ0) is 6.41. The summed E-state index contributed by atoms with van der Waals surface area (Å²) in [6.45, 7) is 0. The second-order valence-electron chi connectivity index (χ2n) is 1.21. The first kappa shape index (κ1) is 7.66. The Kier molecular flexibility index (Phi) is 4.60. The first-order chi connectivity index (χ1) is 3.85. The Hall–Kier alpha value is -0.341. The Bertz CT molecular complexity index is 86.1. The van der Waals surface area contributed by atoms with E-state index in [-0.39, 0.29) is 6.04 Å². The van der Waals surface area contributed by atoms with Gasteiger partial charge in [-0.25, -0.2) is 0 Å². The number of amides is 1. The molecule has 1 atom stereocenters. The zero-order valence-corrected chi connectivity index (χ0v) is 6.08. The van der Waals surface area contributed by atoms with E-state index in [1.54, 1.807) is 0 Å². The van der Waals surface area contributed by atoms with Gasteiger partial charge in [-0.3, -0.25) is 0 Å². The van der Waals surface area contributed by atoms with Crippen LogP contribution in [0.15, 0.2) is 0 Å². The molecule has 0 saturated carbocycles. The Morgan fingerprint density at radius 1 is 1.62 bits per heavy atom. The van der Waals surface area contributed by atoms with Crippen LogP contribution in [0.3, 0.4) is 0 Å². The summed E-state index contributed by atoms with van der Waals surface area (Å²) < 4.78 is 0. The monoisotopic (exact) mass is 181 g/mol. The van der Waals surface area contributed by atoms with Crippen molar-refractivity contribution in [2.45, 2.75) is 11.4 Å². The predicted octanol–water partition coefficient (Wildman–Crippen LogP) is -1.38. The molecule has 0 aromatic rings. The molecule has 1 amide bonds. The van der Waals surface area contributed by atoms with Gasteiger partial charge in [0.1, 0.15) is 0 Å². The molecule has 0 aliphatic rings. The van der Waals surface area contributed by atoms with E-state index in [2.05, 4.69) is 21.3 Å². The molecule has 0 bridgehead atoms. The van der Waals surface area contributed by atoms with Crippen LogP contribution in [0.25, 0.3) is 0 Å². The van der Waals surface area contributed by atoms with Crippen molar-refractivity contribution in [1.29, 1.82) is 0 Å². The Morgan fingerprint density at radius 3 is 2.38 bits per heavy atom. The third-order valence-electron chi connectivity index (χ3n) is 0.643. The molecule has 0 aliphatic heterocycles. The van der Waals surface area contributed by atoms with Gasteiger partial charge in [0.15, 0.2) is 0 Å². The van der Waals surface area contributed by atoms with E-state index in [9.17, 15) is 9.59 Å². The number of carbonyl (C=O) groups excluding carboxylic acids is 2. The normalized spacial score (nSPS) is 12.1. The van der Waals surface area contributed by atoms with Crippen LogP contribution in [0, 0.1) is 0 Å². The van der Waals surface area contributed by atoms with Crippen molar-refractivity contribution in [3.05, 3.63) is 0 Å². The summed E-state index contributed by atoms with van der Waals surface area (Å²) in [5, 5.41) is 2.91. The van der Waals surface area contributed by atoms with E-state index in [0.29, 0.717) is 18.0 Å². The SMILES string of the molecule is O=CN[C@H](C=O)C[SeH]. The molecule has 0 aromatic heterocycles. The molecule has 3 nitrogen and oxygen atoms in total. The van der Waals surface area contributed by atoms with Gasteiger partial charge in [0.2, 0.25) is 0 Å². The number of aldehydes is 1. The van der Waals surface area contributed by atoms with E-state index < -0.39 is 0 Å². The zero-order valence-electron chi connectivity index (χ0n) is 4.20. The summed E-state index contributed by atoms with van der Waals surface area (Å²) in [4.78, 5) is 19.6. The van der Waals surface area contributed by atoms with Crippen molar-refractivity contribution in [3.63, 3.8) is 0 Å². The molecular weight excluding hydrogens is 173 g/mol. The van der Waals surface area contributed by atoms with Gasteiger partial charge in [-0.1, -0.05) is 0 Å². The molecule has 0 heterocycles. The van der Waals surface area contributed by atoms with E-state index in [0.717, 1.165) is 0 Å². The van der Waals surface area contributed by atoms with Crippen LogP contribution in [-0.2, 0) is 9.59 Å². The summed E-state index contributed by atoms with van der Waals surface area (Å²) in [6.07, 6.45) is 1.22. The van der Waals surface area contributed by atoms with Crippen LogP contribution in [0.5, 0.6) is 0 Å². The van der Waals surface area contributed by atoms with Crippen molar-refractivity contribution in [2.24, 2.45) is 0 Å². The summed E-state index contributed by atoms with van der Waals surface area (Å²) in [6, 6.07) is -0.326. The van der Waals surface area contributed by atoms with Crippen molar-refractivity contribution >= 4 is 28.7 Å². The maximum atomic E-state index is 9.89. The fourth-order valence-electron chi connectivity index (χ4n) is 0.222. The third-order valence-corrected chi connectivity index (χ3v) is 1.47. The van der Waals surface area contributed by atoms with Gasteiger partial charge >= 0.3 is 55.0 Å². The molecule has 0 saturated heterocycles. The number of carbonyl (C=O) groups is 2. The summed E-state index contributed by atoms with van der Waals surface area (Å²) >= 11 is 2.23. The van der Waals surface area contributed by atoms with E-state index in [1.807, 2.05) is 0 Å². The third kappa shape index (κ3) is 2.77. The van der Waals surface area contributed by atoms with Crippen molar-refractivity contribution in [2.75, 3.05) is 0 Å². The summed E-state index contributed by atoms with van der Waals surface area (Å²) in [5.41, 5.74) is 0. The average molecular weight is 180 g/mol. The van der Waals surface area contributed by atoms with Gasteiger partial charge in [-0.2, -0.15) is 0 Å². The first-order valence-electron chi connectivity index (χ1n) is 2.11. The van der Waals surface area contributed by atoms with Crippen LogP contribution in [-0.4, -0.2) is 34.8 Å². The van der Waals surface area contributed by atoms with Crippen LogP contribution in [0.1, 0.15) is 0 Å². The first-order valence-corrected chi connectivity index (χ1v) is 3.43. The summed E-state index contributed by atoms with van der Waals surface area (Å²) in [7, 11) is 0. The van der Waals surface area contributed by atoms with Crippen LogP contribution >= 0.6 is 0 Å². The molecule has 4 heteroatoms. The number of nitrogens with one attached hydrogen (secondary N) is 1. The fourth-order valence-corrected chi connectivity index (χ4v) is 0.624. The molecule has 46 valence electrons.